The predicted molar refractivity (Wildman–Crippen MR) is 88.2 cm³/mol. The quantitative estimate of drug-likeness (QED) is 0.925. The Balaban J connectivity index is 1.82. The summed E-state index contributed by atoms with van der Waals surface area (Å²) >= 11 is 0. The van der Waals surface area contributed by atoms with Crippen molar-refractivity contribution in [3.05, 3.63) is 71.3 Å². The largest absolute Gasteiger partial charge is 0.311 e. The van der Waals surface area contributed by atoms with Crippen molar-refractivity contribution in [2.75, 3.05) is 13.1 Å². The maximum absolute atomic E-state index is 3.62. The molecule has 0 saturated carbocycles. The van der Waals surface area contributed by atoms with Gasteiger partial charge in [0.15, 0.2) is 0 Å². The summed E-state index contributed by atoms with van der Waals surface area (Å²) in [7, 11) is 0. The van der Waals surface area contributed by atoms with Crippen molar-refractivity contribution >= 4 is 0 Å². The fraction of sp³-hybridized carbons (Fsp3) is 0.368. The molecule has 2 aromatic rings. The highest BCUT2D eigenvalue weighted by Gasteiger charge is 2.26. The molecule has 2 aromatic carbocycles. The second-order valence-corrected chi connectivity index (χ2v) is 6.15. The van der Waals surface area contributed by atoms with Crippen LogP contribution in [0.25, 0.3) is 0 Å². The highest BCUT2D eigenvalue weighted by molar-refractivity contribution is 5.24. The predicted octanol–water partition coefficient (Wildman–Crippen LogP) is 3.53. The molecule has 1 aliphatic rings. The Labute approximate surface area is 127 Å². The zero-order chi connectivity index (χ0) is 14.7. The molecular weight excluding hydrogens is 256 g/mol. The van der Waals surface area contributed by atoms with Gasteiger partial charge in [0.25, 0.3) is 0 Å². The molecule has 2 heteroatoms. The van der Waals surface area contributed by atoms with E-state index in [1.165, 1.54) is 16.7 Å². The Morgan fingerprint density at radius 2 is 1.90 bits per heavy atom. The molecule has 0 amide bonds. The fourth-order valence-electron chi connectivity index (χ4n) is 3.21. The van der Waals surface area contributed by atoms with Gasteiger partial charge >= 0.3 is 0 Å². The Morgan fingerprint density at radius 3 is 2.67 bits per heavy atom. The molecule has 110 valence electrons. The number of rotatable bonds is 3. The summed E-state index contributed by atoms with van der Waals surface area (Å²) in [5, 5.41) is 3.62. The summed E-state index contributed by atoms with van der Waals surface area (Å²) in [6.45, 7) is 7.57. The number of aryl methyl sites for hydroxylation is 1. The maximum atomic E-state index is 3.62. The minimum Gasteiger partial charge on any atom is -0.311 e. The summed E-state index contributed by atoms with van der Waals surface area (Å²) in [6, 6.07) is 20.7. The monoisotopic (exact) mass is 280 g/mol. The van der Waals surface area contributed by atoms with Gasteiger partial charge in [-0.3, -0.25) is 4.90 Å². The first-order valence-electron chi connectivity index (χ1n) is 7.80. The van der Waals surface area contributed by atoms with Gasteiger partial charge in [-0.2, -0.15) is 0 Å². The first-order valence-corrected chi connectivity index (χ1v) is 7.80. The summed E-state index contributed by atoms with van der Waals surface area (Å²) in [4.78, 5) is 2.60. The van der Waals surface area contributed by atoms with Gasteiger partial charge in [-0.1, -0.05) is 60.2 Å². The average molecular weight is 280 g/mol. The lowest BCUT2D eigenvalue weighted by molar-refractivity contribution is 0.127. The van der Waals surface area contributed by atoms with E-state index in [1.54, 1.807) is 0 Å². The minimum atomic E-state index is 0.461. The molecular formula is C19H24N2. The van der Waals surface area contributed by atoms with Crippen LogP contribution in [0, 0.1) is 6.92 Å². The lowest BCUT2D eigenvalue weighted by Crippen LogP contribution is -2.50. The first-order chi connectivity index (χ1) is 10.2. The van der Waals surface area contributed by atoms with Gasteiger partial charge in [-0.05, 0) is 25.0 Å². The molecule has 0 aliphatic carbocycles. The van der Waals surface area contributed by atoms with Crippen molar-refractivity contribution in [2.45, 2.75) is 32.5 Å². The highest BCUT2D eigenvalue weighted by Crippen LogP contribution is 2.25. The smallest absolute Gasteiger partial charge is 0.0476 e. The van der Waals surface area contributed by atoms with E-state index >= 15 is 0 Å². The number of nitrogens with zero attached hydrogens (tertiary/aromatic N) is 1. The van der Waals surface area contributed by atoms with Gasteiger partial charge in [-0.15, -0.1) is 0 Å². The number of nitrogens with one attached hydrogen (secondary N) is 1. The molecule has 1 saturated heterocycles. The zero-order valence-electron chi connectivity index (χ0n) is 12.9. The van der Waals surface area contributed by atoms with Gasteiger partial charge in [0.05, 0.1) is 0 Å². The molecule has 1 fully saturated rings. The summed E-state index contributed by atoms with van der Waals surface area (Å²) in [5.74, 6) is 0. The average Bonchev–Trinajstić information content (AvgIpc) is 2.48. The Morgan fingerprint density at radius 1 is 1.10 bits per heavy atom. The van der Waals surface area contributed by atoms with Gasteiger partial charge < -0.3 is 5.32 Å². The molecule has 3 rings (SSSR count). The molecule has 1 heterocycles. The summed E-state index contributed by atoms with van der Waals surface area (Å²) in [6.07, 6.45) is 0. The number of piperazine rings is 1. The maximum Gasteiger partial charge on any atom is 0.0476 e. The summed E-state index contributed by atoms with van der Waals surface area (Å²) in [5.41, 5.74) is 4.15. The van der Waals surface area contributed by atoms with Crippen LogP contribution < -0.4 is 5.32 Å². The van der Waals surface area contributed by atoms with Crippen LogP contribution >= 0.6 is 0 Å². The fourth-order valence-corrected chi connectivity index (χ4v) is 3.21. The molecule has 2 atom stereocenters. The van der Waals surface area contributed by atoms with Crippen molar-refractivity contribution in [2.24, 2.45) is 0 Å². The third-order valence-electron chi connectivity index (χ3n) is 4.26. The normalized spacial score (nSPS) is 23.1. The van der Waals surface area contributed by atoms with E-state index in [0.29, 0.717) is 12.1 Å². The lowest BCUT2D eigenvalue weighted by atomic mass is 10.00. The van der Waals surface area contributed by atoms with Crippen LogP contribution in [0.15, 0.2) is 54.6 Å². The van der Waals surface area contributed by atoms with E-state index in [2.05, 4.69) is 78.7 Å². The van der Waals surface area contributed by atoms with Crippen LogP contribution in [0.3, 0.4) is 0 Å². The van der Waals surface area contributed by atoms with Gasteiger partial charge in [0.1, 0.15) is 0 Å². The van der Waals surface area contributed by atoms with E-state index in [9.17, 15) is 0 Å². The molecule has 1 N–H and O–H groups in total. The second-order valence-electron chi connectivity index (χ2n) is 6.15. The number of benzene rings is 2. The Bertz CT molecular complexity index is 579. The van der Waals surface area contributed by atoms with Crippen molar-refractivity contribution in [3.8, 4) is 0 Å². The minimum absolute atomic E-state index is 0.461. The van der Waals surface area contributed by atoms with Crippen LogP contribution in [0.2, 0.25) is 0 Å². The van der Waals surface area contributed by atoms with E-state index in [-0.39, 0.29) is 0 Å². The standard InChI is InChI=1S/C19H24N2/c1-15-7-6-8-17(11-15)14-21-13-16(2)20-12-19(21)18-9-4-3-5-10-18/h3-11,16,19-20H,12-14H2,1-2H3. The molecule has 2 nitrogen and oxygen atoms in total. The van der Waals surface area contributed by atoms with E-state index in [4.69, 9.17) is 0 Å². The summed E-state index contributed by atoms with van der Waals surface area (Å²) < 4.78 is 0. The van der Waals surface area contributed by atoms with Crippen LogP contribution in [0.1, 0.15) is 29.7 Å². The Hall–Kier alpha value is -1.64. The topological polar surface area (TPSA) is 15.3 Å². The van der Waals surface area contributed by atoms with E-state index in [1.807, 2.05) is 0 Å². The second kappa shape index (κ2) is 6.42. The van der Waals surface area contributed by atoms with Gasteiger partial charge in [0.2, 0.25) is 0 Å². The van der Waals surface area contributed by atoms with Gasteiger partial charge in [0, 0.05) is 31.7 Å². The molecule has 2 unspecified atom stereocenters. The molecule has 1 aliphatic heterocycles. The van der Waals surface area contributed by atoms with E-state index < -0.39 is 0 Å². The van der Waals surface area contributed by atoms with E-state index in [0.717, 1.165) is 19.6 Å². The highest BCUT2D eigenvalue weighted by atomic mass is 15.2. The van der Waals surface area contributed by atoms with Crippen LogP contribution in [0.5, 0.6) is 0 Å². The molecule has 0 radical (unpaired) electrons. The molecule has 21 heavy (non-hydrogen) atoms. The molecule has 0 aromatic heterocycles. The van der Waals surface area contributed by atoms with Crippen molar-refractivity contribution in [1.29, 1.82) is 0 Å². The number of hydrogen-bond acceptors (Lipinski definition) is 2. The number of hydrogen-bond donors (Lipinski definition) is 1. The Kier molecular flexibility index (Phi) is 4.37. The van der Waals surface area contributed by atoms with Crippen molar-refractivity contribution in [1.82, 2.24) is 10.2 Å². The third kappa shape index (κ3) is 3.52. The van der Waals surface area contributed by atoms with Crippen LogP contribution in [0.4, 0.5) is 0 Å². The van der Waals surface area contributed by atoms with Crippen LogP contribution in [-0.2, 0) is 6.54 Å². The first kappa shape index (κ1) is 14.3. The van der Waals surface area contributed by atoms with Crippen molar-refractivity contribution < 1.29 is 0 Å². The van der Waals surface area contributed by atoms with Crippen LogP contribution in [-0.4, -0.2) is 24.0 Å². The van der Waals surface area contributed by atoms with Crippen molar-refractivity contribution in [3.63, 3.8) is 0 Å². The van der Waals surface area contributed by atoms with Gasteiger partial charge in [-0.25, -0.2) is 0 Å². The molecule has 0 spiro atoms. The SMILES string of the molecule is Cc1cccc(CN2CC(C)NCC2c2ccccc2)c1. The molecule has 0 bridgehead atoms. The lowest BCUT2D eigenvalue weighted by Gasteiger charge is -2.39. The zero-order valence-corrected chi connectivity index (χ0v) is 12.9. The third-order valence-corrected chi connectivity index (χ3v) is 4.26.